The van der Waals surface area contributed by atoms with E-state index in [4.69, 9.17) is 19.9 Å². The van der Waals surface area contributed by atoms with Crippen LogP contribution in [0.5, 0.6) is 5.75 Å². The van der Waals surface area contributed by atoms with E-state index in [0.717, 1.165) is 16.3 Å². The number of ether oxygens (including phenoxy) is 2. The molecule has 2 aromatic rings. The molecule has 0 spiro atoms. The van der Waals surface area contributed by atoms with Gasteiger partial charge in [0.1, 0.15) is 5.75 Å². The van der Waals surface area contributed by atoms with Crippen molar-refractivity contribution in [3.05, 3.63) is 42.0 Å². The van der Waals surface area contributed by atoms with Crippen LogP contribution in [-0.2, 0) is 19.2 Å². The van der Waals surface area contributed by atoms with Crippen LogP contribution in [0, 0.1) is 0 Å². The fourth-order valence-electron chi connectivity index (χ4n) is 2.16. The Morgan fingerprint density at radius 3 is 2.46 bits per heavy atom. The molecule has 0 saturated heterocycles. The number of fused-ring (bicyclic) bond motifs is 1. The van der Waals surface area contributed by atoms with Gasteiger partial charge in [-0.05, 0) is 35.4 Å². The topological polar surface area (TPSA) is 106 Å². The van der Waals surface area contributed by atoms with Gasteiger partial charge < -0.3 is 9.47 Å². The molecule has 128 valence electrons. The van der Waals surface area contributed by atoms with Crippen LogP contribution >= 0.6 is 0 Å². The fourth-order valence-corrected chi connectivity index (χ4v) is 2.16. The van der Waals surface area contributed by atoms with Crippen LogP contribution in [0.15, 0.2) is 36.4 Å². The number of benzene rings is 2. The third-order valence-corrected chi connectivity index (χ3v) is 3.42. The summed E-state index contributed by atoms with van der Waals surface area (Å²) in [6.07, 6.45) is 0. The van der Waals surface area contributed by atoms with Crippen molar-refractivity contribution in [2.45, 2.75) is 12.8 Å². The van der Waals surface area contributed by atoms with Gasteiger partial charge >= 0.3 is 11.9 Å². The lowest BCUT2D eigenvalue weighted by atomic mass is 9.98. The van der Waals surface area contributed by atoms with Crippen molar-refractivity contribution in [2.75, 3.05) is 13.7 Å². The summed E-state index contributed by atoms with van der Waals surface area (Å²) in [7, 11) is 1.34. The fraction of sp³-hybridized carbons (Fsp3) is 0.250. The summed E-state index contributed by atoms with van der Waals surface area (Å²) in [6.45, 7) is 1.11. The van der Waals surface area contributed by atoms with Crippen molar-refractivity contribution < 1.29 is 34.3 Å². The van der Waals surface area contributed by atoms with E-state index < -0.39 is 18.0 Å². The maximum absolute atomic E-state index is 11.6. The summed E-state index contributed by atoms with van der Waals surface area (Å²) in [5, 5.41) is 17.8. The first-order valence-electron chi connectivity index (χ1n) is 7.03. The molecule has 0 amide bonds. The zero-order valence-corrected chi connectivity index (χ0v) is 13.1. The number of methoxy groups -OCH3 is 1. The van der Waals surface area contributed by atoms with Gasteiger partial charge in [0.15, 0.2) is 6.61 Å². The quantitative estimate of drug-likeness (QED) is 0.469. The van der Waals surface area contributed by atoms with Crippen molar-refractivity contribution in [3.8, 4) is 5.75 Å². The molecular weight excluding hydrogens is 318 g/mol. The number of hydrogen-bond donors (Lipinski definition) is 2. The van der Waals surface area contributed by atoms with Gasteiger partial charge in [0.25, 0.3) is 0 Å². The number of carbonyl (C=O) groups is 2. The van der Waals surface area contributed by atoms with E-state index >= 15 is 0 Å². The summed E-state index contributed by atoms with van der Waals surface area (Å²) in [5.74, 6) is -1.21. The lowest BCUT2D eigenvalue weighted by molar-refractivity contribution is -0.489. The molecule has 1 unspecified atom stereocenters. The molecule has 0 aliphatic heterocycles. The van der Waals surface area contributed by atoms with Gasteiger partial charge in [-0.25, -0.2) is 9.63 Å². The molecule has 0 radical (unpaired) electrons. The number of esters is 2. The standard InChI is InChI=1S/C16H17NO7/c1-10(16(19)22-2)11-3-4-13-8-14(6-5-12(13)7-11)24-15(18)9-23-17(20)21/h3-8,10,20-21H,9H2,1-2H3. The van der Waals surface area contributed by atoms with E-state index in [1.165, 1.54) is 7.11 Å². The molecule has 2 rings (SSSR count). The van der Waals surface area contributed by atoms with E-state index in [9.17, 15) is 9.59 Å². The molecule has 8 heteroatoms. The lowest BCUT2D eigenvalue weighted by Gasteiger charge is -2.11. The molecule has 24 heavy (non-hydrogen) atoms. The molecule has 0 fully saturated rings. The molecule has 0 saturated carbocycles. The third kappa shape index (κ3) is 4.49. The summed E-state index contributed by atoms with van der Waals surface area (Å²) in [5.41, 5.74) is 0.818. The minimum Gasteiger partial charge on any atom is -0.469 e. The second-order valence-electron chi connectivity index (χ2n) is 5.01. The van der Waals surface area contributed by atoms with Crippen molar-refractivity contribution in [3.63, 3.8) is 0 Å². The van der Waals surface area contributed by atoms with Gasteiger partial charge in [-0.2, -0.15) is 0 Å². The van der Waals surface area contributed by atoms with Crippen molar-refractivity contribution in [2.24, 2.45) is 0 Å². The van der Waals surface area contributed by atoms with E-state index in [1.54, 1.807) is 37.3 Å². The van der Waals surface area contributed by atoms with Crippen molar-refractivity contribution >= 4 is 22.7 Å². The number of carbonyl (C=O) groups excluding carboxylic acids is 2. The lowest BCUT2D eigenvalue weighted by Crippen LogP contribution is -2.23. The van der Waals surface area contributed by atoms with Crippen LogP contribution in [0.3, 0.4) is 0 Å². The monoisotopic (exact) mass is 335 g/mol. The first-order chi connectivity index (χ1) is 11.4. The van der Waals surface area contributed by atoms with E-state index in [0.29, 0.717) is 0 Å². The van der Waals surface area contributed by atoms with Crippen LogP contribution in [-0.4, -0.2) is 41.5 Å². The Morgan fingerprint density at radius 2 is 1.79 bits per heavy atom. The van der Waals surface area contributed by atoms with Crippen molar-refractivity contribution in [1.29, 1.82) is 0 Å². The third-order valence-electron chi connectivity index (χ3n) is 3.42. The normalized spacial score (nSPS) is 12.2. The highest BCUT2D eigenvalue weighted by Gasteiger charge is 2.16. The predicted molar refractivity (Wildman–Crippen MR) is 81.4 cm³/mol. The largest absolute Gasteiger partial charge is 0.469 e. The van der Waals surface area contributed by atoms with E-state index in [-0.39, 0.29) is 17.6 Å². The highest BCUT2D eigenvalue weighted by Crippen LogP contribution is 2.25. The molecule has 0 aliphatic carbocycles. The smallest absolute Gasteiger partial charge is 0.339 e. The van der Waals surface area contributed by atoms with E-state index in [2.05, 4.69) is 4.84 Å². The first-order valence-corrected chi connectivity index (χ1v) is 7.03. The van der Waals surface area contributed by atoms with Crippen molar-refractivity contribution in [1.82, 2.24) is 5.39 Å². The maximum atomic E-state index is 11.6. The van der Waals surface area contributed by atoms with E-state index in [1.807, 2.05) is 6.07 Å². The van der Waals surface area contributed by atoms with Gasteiger partial charge in [-0.1, -0.05) is 24.3 Å². The zero-order chi connectivity index (χ0) is 17.7. The second-order valence-corrected chi connectivity index (χ2v) is 5.01. The molecule has 0 heterocycles. The first kappa shape index (κ1) is 17.8. The van der Waals surface area contributed by atoms with Gasteiger partial charge in [0.05, 0.1) is 18.4 Å². The number of nitrogens with zero attached hydrogens (tertiary/aromatic N) is 1. The Morgan fingerprint density at radius 1 is 1.12 bits per heavy atom. The highest BCUT2D eigenvalue weighted by atomic mass is 17.1. The molecule has 2 aromatic carbocycles. The van der Waals surface area contributed by atoms with Crippen LogP contribution in [0.2, 0.25) is 0 Å². The molecule has 0 aliphatic rings. The summed E-state index contributed by atoms with van der Waals surface area (Å²) in [4.78, 5) is 27.2. The summed E-state index contributed by atoms with van der Waals surface area (Å²) in [6, 6.07) is 10.4. The Hall–Kier alpha value is -2.52. The Bertz CT molecular complexity index is 744. The van der Waals surface area contributed by atoms with Gasteiger partial charge in [-0.15, -0.1) is 0 Å². The van der Waals surface area contributed by atoms with Gasteiger partial charge in [0.2, 0.25) is 0 Å². The van der Waals surface area contributed by atoms with Crippen LogP contribution in [0.4, 0.5) is 0 Å². The highest BCUT2D eigenvalue weighted by molar-refractivity contribution is 5.87. The number of rotatable bonds is 6. The molecule has 0 aromatic heterocycles. The SMILES string of the molecule is COC(=O)C(C)c1ccc2cc(OC(=O)CON(O)O)ccc2c1. The molecule has 8 nitrogen and oxygen atoms in total. The Balaban J connectivity index is 2.14. The molecule has 0 bridgehead atoms. The molecular formula is C16H17NO7. The zero-order valence-electron chi connectivity index (χ0n) is 13.1. The predicted octanol–water partition coefficient (Wildman–Crippen LogP) is 2.03. The number of hydrogen-bond acceptors (Lipinski definition) is 8. The van der Waals surface area contributed by atoms with Crippen LogP contribution < -0.4 is 4.74 Å². The minimum atomic E-state index is -0.793. The van der Waals surface area contributed by atoms with Gasteiger partial charge in [-0.3, -0.25) is 15.2 Å². The molecule has 2 N–H and O–H groups in total. The average molecular weight is 335 g/mol. The Labute approximate surface area is 137 Å². The minimum absolute atomic E-state index is 0.285. The summed E-state index contributed by atoms with van der Waals surface area (Å²) < 4.78 is 9.75. The van der Waals surface area contributed by atoms with Gasteiger partial charge in [0, 0.05) is 0 Å². The Kier molecular flexibility index (Phi) is 5.83. The van der Waals surface area contributed by atoms with Crippen LogP contribution in [0.25, 0.3) is 10.8 Å². The molecule has 1 atom stereocenters. The summed E-state index contributed by atoms with van der Waals surface area (Å²) >= 11 is 0. The average Bonchev–Trinajstić information content (AvgIpc) is 2.58. The second kappa shape index (κ2) is 7.84. The van der Waals surface area contributed by atoms with Crippen LogP contribution in [0.1, 0.15) is 18.4 Å². The maximum Gasteiger partial charge on any atom is 0.339 e.